The molecule has 1 aromatic carbocycles. The Morgan fingerprint density at radius 3 is 2.40 bits per heavy atom. The molecule has 30 heavy (non-hydrogen) atoms. The second-order valence-electron chi connectivity index (χ2n) is 8.28. The molecule has 0 saturated carbocycles. The molecule has 1 aromatic heterocycles. The number of amides is 2. The van der Waals surface area contributed by atoms with Crippen molar-refractivity contribution < 1.29 is 17.6 Å². The number of hydrogen-bond donors (Lipinski definition) is 1. The second-order valence-corrected chi connectivity index (χ2v) is 10.8. The summed E-state index contributed by atoms with van der Waals surface area (Å²) in [5, 5.41) is 2.38. The second kappa shape index (κ2) is 8.43. The van der Waals surface area contributed by atoms with Crippen LogP contribution in [0, 0.1) is 0 Å². The predicted molar refractivity (Wildman–Crippen MR) is 116 cm³/mol. The zero-order valence-corrected chi connectivity index (χ0v) is 18.9. The van der Waals surface area contributed by atoms with Gasteiger partial charge in [-0.3, -0.25) is 4.57 Å². The first kappa shape index (κ1) is 22.4. The minimum atomic E-state index is -3.27. The molecular formula is C20H30N4O5S. The number of aromatic nitrogens is 1. The maximum Gasteiger partial charge on any atom is 0.420 e. The quantitative estimate of drug-likeness (QED) is 0.773. The number of piperidine rings is 1. The van der Waals surface area contributed by atoms with E-state index in [0.717, 1.165) is 0 Å². The van der Waals surface area contributed by atoms with Crippen molar-refractivity contribution in [2.45, 2.75) is 57.9 Å². The van der Waals surface area contributed by atoms with Crippen LogP contribution in [0.4, 0.5) is 10.5 Å². The normalized spacial score (nSPS) is 16.5. The third kappa shape index (κ3) is 4.24. The van der Waals surface area contributed by atoms with Crippen molar-refractivity contribution in [3.63, 3.8) is 0 Å². The molecule has 0 unspecified atom stereocenters. The van der Waals surface area contributed by atoms with Crippen LogP contribution in [0.2, 0.25) is 0 Å². The zero-order valence-electron chi connectivity index (χ0n) is 18.1. The zero-order chi connectivity index (χ0) is 22.2. The maximum atomic E-state index is 12.7. The molecule has 9 nitrogen and oxygen atoms in total. The highest BCUT2D eigenvalue weighted by Crippen LogP contribution is 2.23. The van der Waals surface area contributed by atoms with E-state index in [9.17, 15) is 18.0 Å². The molecule has 1 fully saturated rings. The SMILES string of the molecule is CC(C)n1c(=O)oc2cc(NC(=O)N(C)C3CCN(S(=O)(=O)C(C)C)CC3)ccc21. The van der Waals surface area contributed by atoms with Gasteiger partial charge in [0.1, 0.15) is 0 Å². The molecule has 2 aromatic rings. The minimum absolute atomic E-state index is 0.0318. The number of hydrogen-bond acceptors (Lipinski definition) is 5. The Hall–Kier alpha value is -2.33. The van der Waals surface area contributed by atoms with Crippen molar-refractivity contribution in [1.29, 1.82) is 0 Å². The van der Waals surface area contributed by atoms with Crippen LogP contribution in [0.1, 0.15) is 46.6 Å². The number of nitrogens with one attached hydrogen (secondary N) is 1. The van der Waals surface area contributed by atoms with Crippen molar-refractivity contribution in [1.82, 2.24) is 13.8 Å². The maximum absolute atomic E-state index is 12.7. The molecule has 1 aliphatic heterocycles. The Morgan fingerprint density at radius 1 is 1.20 bits per heavy atom. The molecule has 1 saturated heterocycles. The minimum Gasteiger partial charge on any atom is -0.408 e. The van der Waals surface area contributed by atoms with Crippen LogP contribution in [0.3, 0.4) is 0 Å². The van der Waals surface area contributed by atoms with Crippen LogP contribution in [-0.2, 0) is 10.0 Å². The molecule has 0 bridgehead atoms. The van der Waals surface area contributed by atoms with E-state index in [4.69, 9.17) is 4.42 Å². The molecular weight excluding hydrogens is 408 g/mol. The molecule has 2 amide bonds. The smallest absolute Gasteiger partial charge is 0.408 e. The Morgan fingerprint density at radius 2 is 1.83 bits per heavy atom. The van der Waals surface area contributed by atoms with Crippen molar-refractivity contribution in [2.24, 2.45) is 0 Å². The Kier molecular flexibility index (Phi) is 6.28. The molecule has 166 valence electrons. The Balaban J connectivity index is 1.66. The molecule has 1 N–H and O–H groups in total. The summed E-state index contributed by atoms with van der Waals surface area (Å²) >= 11 is 0. The van der Waals surface area contributed by atoms with Gasteiger partial charge in [-0.1, -0.05) is 0 Å². The lowest BCUT2D eigenvalue weighted by Gasteiger charge is -2.36. The lowest BCUT2D eigenvalue weighted by molar-refractivity contribution is 0.173. The van der Waals surface area contributed by atoms with E-state index < -0.39 is 21.0 Å². The number of carbonyl (C=O) groups excluding carboxylic acids is 1. The van der Waals surface area contributed by atoms with Gasteiger partial charge in [-0.15, -0.1) is 0 Å². The predicted octanol–water partition coefficient (Wildman–Crippen LogP) is 2.84. The fourth-order valence-corrected chi connectivity index (χ4v) is 5.08. The van der Waals surface area contributed by atoms with Gasteiger partial charge in [0.25, 0.3) is 0 Å². The summed E-state index contributed by atoms with van der Waals surface area (Å²) in [6, 6.07) is 4.76. The van der Waals surface area contributed by atoms with Gasteiger partial charge in [0.05, 0.1) is 10.8 Å². The fourth-order valence-electron chi connectivity index (χ4n) is 3.76. The highest BCUT2D eigenvalue weighted by Gasteiger charge is 2.32. The van der Waals surface area contributed by atoms with Gasteiger partial charge in [-0.05, 0) is 52.7 Å². The standard InChI is InChI=1S/C20H30N4O5S/c1-13(2)24-17-7-6-15(12-18(17)29-20(24)26)21-19(25)22(5)16-8-10-23(11-9-16)30(27,28)14(3)4/h6-7,12-14,16H,8-11H2,1-5H3,(H,21,25). The van der Waals surface area contributed by atoms with E-state index in [1.54, 1.807) is 48.6 Å². The summed E-state index contributed by atoms with van der Waals surface area (Å²) < 4.78 is 33.0. The number of rotatable bonds is 5. The summed E-state index contributed by atoms with van der Waals surface area (Å²) in [5.41, 5.74) is 1.63. The summed E-state index contributed by atoms with van der Waals surface area (Å²) in [6.45, 7) is 7.97. The van der Waals surface area contributed by atoms with Crippen molar-refractivity contribution >= 4 is 32.8 Å². The van der Waals surface area contributed by atoms with Crippen molar-refractivity contribution in [3.05, 3.63) is 28.7 Å². The number of benzene rings is 1. The van der Waals surface area contributed by atoms with Gasteiger partial charge in [0.15, 0.2) is 5.58 Å². The topological polar surface area (TPSA) is 105 Å². The number of sulfonamides is 1. The van der Waals surface area contributed by atoms with E-state index in [2.05, 4.69) is 5.32 Å². The number of nitrogens with zero attached hydrogens (tertiary/aromatic N) is 3. The average Bonchev–Trinajstić information content (AvgIpc) is 3.02. The molecule has 0 spiro atoms. The third-order valence-electron chi connectivity index (χ3n) is 5.63. The fraction of sp³-hybridized carbons (Fsp3) is 0.600. The van der Waals surface area contributed by atoms with Gasteiger partial charge >= 0.3 is 11.8 Å². The van der Waals surface area contributed by atoms with Crippen molar-refractivity contribution in [3.8, 4) is 0 Å². The molecule has 0 atom stereocenters. The number of fused-ring (bicyclic) bond motifs is 1. The average molecular weight is 439 g/mol. The summed E-state index contributed by atoms with van der Waals surface area (Å²) in [7, 11) is -1.56. The van der Waals surface area contributed by atoms with E-state index >= 15 is 0 Å². The summed E-state index contributed by atoms with van der Waals surface area (Å²) in [5.74, 6) is -0.427. The number of oxazole rings is 1. The molecule has 0 aliphatic carbocycles. The van der Waals surface area contributed by atoms with E-state index in [1.807, 2.05) is 13.8 Å². The Labute approximate surface area is 176 Å². The van der Waals surface area contributed by atoms with Crippen LogP contribution in [0.5, 0.6) is 0 Å². The highest BCUT2D eigenvalue weighted by molar-refractivity contribution is 7.89. The van der Waals surface area contributed by atoms with Gasteiger partial charge in [-0.25, -0.2) is 22.3 Å². The van der Waals surface area contributed by atoms with E-state index in [-0.39, 0.29) is 18.1 Å². The highest BCUT2D eigenvalue weighted by atomic mass is 32.2. The molecule has 10 heteroatoms. The lowest BCUT2D eigenvalue weighted by Crippen LogP contribution is -2.49. The number of urea groups is 1. The summed E-state index contributed by atoms with van der Waals surface area (Å²) in [4.78, 5) is 26.3. The first-order chi connectivity index (χ1) is 14.0. The van der Waals surface area contributed by atoms with E-state index in [1.165, 1.54) is 4.31 Å². The number of anilines is 1. The third-order valence-corrected chi connectivity index (χ3v) is 7.90. The molecule has 2 heterocycles. The van der Waals surface area contributed by atoms with Gasteiger partial charge in [0, 0.05) is 44.0 Å². The van der Waals surface area contributed by atoms with Crippen LogP contribution in [-0.4, -0.2) is 59.7 Å². The van der Waals surface area contributed by atoms with Gasteiger partial charge < -0.3 is 14.6 Å². The first-order valence-electron chi connectivity index (χ1n) is 10.2. The summed E-state index contributed by atoms with van der Waals surface area (Å²) in [6.07, 6.45) is 1.17. The van der Waals surface area contributed by atoms with E-state index in [0.29, 0.717) is 42.7 Å². The monoisotopic (exact) mass is 438 g/mol. The largest absolute Gasteiger partial charge is 0.420 e. The molecule has 0 radical (unpaired) electrons. The van der Waals surface area contributed by atoms with Crippen LogP contribution in [0.15, 0.2) is 27.4 Å². The molecule has 1 aliphatic rings. The molecule has 3 rings (SSSR count). The van der Waals surface area contributed by atoms with Crippen LogP contribution >= 0.6 is 0 Å². The number of carbonyl (C=O) groups is 1. The Bertz CT molecular complexity index is 1080. The van der Waals surface area contributed by atoms with Crippen molar-refractivity contribution in [2.75, 3.05) is 25.5 Å². The van der Waals surface area contributed by atoms with Gasteiger partial charge in [-0.2, -0.15) is 0 Å². The first-order valence-corrected chi connectivity index (χ1v) is 11.7. The van der Waals surface area contributed by atoms with Crippen LogP contribution in [0.25, 0.3) is 11.1 Å². The van der Waals surface area contributed by atoms with Crippen LogP contribution < -0.4 is 11.1 Å². The lowest BCUT2D eigenvalue weighted by atomic mass is 10.1. The van der Waals surface area contributed by atoms with Gasteiger partial charge in [0.2, 0.25) is 10.0 Å².